The minimum Gasteiger partial charge on any atom is -0.393 e. The quantitative estimate of drug-likeness (QED) is 0.228. The van der Waals surface area contributed by atoms with E-state index in [1.54, 1.807) is 0 Å². The fourth-order valence-electron chi connectivity index (χ4n) is 9.98. The molecular weight excluding hydrogens is 546 g/mol. The number of aliphatic hydroxyl groups is 1. The molecule has 2 aliphatic heterocycles. The number of nitrogens with two attached hydrogens (primary N) is 2. The fraction of sp³-hybridized carbons (Fsp3) is 0.778. The predicted molar refractivity (Wildman–Crippen MR) is 180 cm³/mol. The summed E-state index contributed by atoms with van der Waals surface area (Å²) in [7, 11) is 0. The largest absolute Gasteiger partial charge is 0.393 e. The topological polar surface area (TPSA) is 107 Å². The van der Waals surface area contributed by atoms with Crippen LogP contribution in [0.15, 0.2) is 40.3 Å². The highest BCUT2D eigenvalue weighted by atomic mass is 16.3. The number of rotatable bonds is 13. The van der Waals surface area contributed by atoms with Crippen molar-refractivity contribution in [2.75, 3.05) is 39.3 Å². The molecule has 1 saturated heterocycles. The first-order valence-electron chi connectivity index (χ1n) is 17.8. The number of aliphatic imine (C=N–C) groups is 2. The second kappa shape index (κ2) is 13.6. The molecule has 244 valence electrons. The lowest BCUT2D eigenvalue weighted by Gasteiger charge is -2.56. The summed E-state index contributed by atoms with van der Waals surface area (Å²) in [6.07, 6.45) is 11.9. The van der Waals surface area contributed by atoms with Crippen LogP contribution in [0, 0.1) is 29.1 Å². The van der Waals surface area contributed by atoms with Crippen LogP contribution in [0.4, 0.5) is 0 Å². The Labute approximate surface area is 266 Å². The molecule has 8 nitrogen and oxygen atoms in total. The molecule has 0 spiro atoms. The lowest BCUT2D eigenvalue weighted by atomic mass is 9.49. The summed E-state index contributed by atoms with van der Waals surface area (Å²) >= 11 is 0. The van der Waals surface area contributed by atoms with Crippen LogP contribution in [0.1, 0.15) is 84.1 Å². The van der Waals surface area contributed by atoms with Gasteiger partial charge in [0.05, 0.1) is 18.7 Å². The third kappa shape index (κ3) is 7.22. The molecular formula is C36H59N7O. The Morgan fingerprint density at radius 3 is 2.41 bits per heavy atom. The minimum atomic E-state index is -0.379. The molecule has 4 bridgehead atoms. The number of aliphatic hydroxyl groups excluding tert-OH is 1. The van der Waals surface area contributed by atoms with Crippen molar-refractivity contribution in [2.45, 2.75) is 109 Å². The van der Waals surface area contributed by atoms with E-state index in [0.717, 1.165) is 56.9 Å². The van der Waals surface area contributed by atoms with Crippen molar-refractivity contribution >= 4 is 11.9 Å². The van der Waals surface area contributed by atoms with Crippen molar-refractivity contribution in [1.82, 2.24) is 14.7 Å². The molecule has 8 heteroatoms. The van der Waals surface area contributed by atoms with Crippen LogP contribution in [0.2, 0.25) is 0 Å². The molecule has 6 aliphatic rings. The van der Waals surface area contributed by atoms with Gasteiger partial charge in [-0.2, -0.15) is 0 Å². The summed E-state index contributed by atoms with van der Waals surface area (Å²) in [5.41, 5.74) is 15.1. The standard InChI is InChI=1S/C36H59N7O/c1-25(2)33-21-39-34(37)43(33)23-31-10-7-12-41(31)22-32(17-27-8-5-4-6-9-27)42(13-11-26(3)44)35(38)40-24-36-18-28-14-29(19-36)16-30(15-28)20-36/h4-6,8-9,25-26,28-33,44H,7,10-24H2,1-3H3,(H2,37,39)(H2,38,40)/t26-,28?,29?,30?,31-,32+,33-,36?/m0/s1. The number of guanidine groups is 2. The maximum atomic E-state index is 10.4. The van der Waals surface area contributed by atoms with Crippen LogP contribution in [-0.4, -0.2) is 95.2 Å². The third-order valence-electron chi connectivity index (χ3n) is 11.8. The van der Waals surface area contributed by atoms with Gasteiger partial charge in [-0.25, -0.2) is 0 Å². The van der Waals surface area contributed by atoms with Gasteiger partial charge in [-0.3, -0.25) is 14.9 Å². The maximum absolute atomic E-state index is 10.4. The zero-order valence-corrected chi connectivity index (χ0v) is 27.7. The molecule has 2 heterocycles. The van der Waals surface area contributed by atoms with Crippen molar-refractivity contribution in [1.29, 1.82) is 0 Å². The Kier molecular flexibility index (Phi) is 9.77. The van der Waals surface area contributed by atoms with Crippen LogP contribution in [-0.2, 0) is 6.42 Å². The normalized spacial score (nSPS) is 33.3. The smallest absolute Gasteiger partial charge is 0.191 e. The molecule has 1 aromatic rings. The Hall–Kier alpha value is -2.32. The van der Waals surface area contributed by atoms with Gasteiger partial charge in [-0.05, 0) is 112 Å². The Morgan fingerprint density at radius 2 is 1.77 bits per heavy atom. The molecule has 1 aromatic carbocycles. The maximum Gasteiger partial charge on any atom is 0.191 e. The number of benzene rings is 1. The van der Waals surface area contributed by atoms with E-state index in [4.69, 9.17) is 16.5 Å². The van der Waals surface area contributed by atoms with Crippen molar-refractivity contribution < 1.29 is 5.11 Å². The molecule has 7 rings (SSSR count). The molecule has 0 aromatic heterocycles. The summed E-state index contributed by atoms with van der Waals surface area (Å²) in [6.45, 7) is 11.8. The second-order valence-corrected chi connectivity index (χ2v) is 15.7. The lowest BCUT2D eigenvalue weighted by Crippen LogP contribution is -2.55. The van der Waals surface area contributed by atoms with Crippen molar-refractivity contribution in [2.24, 2.45) is 50.5 Å². The number of nitrogens with zero attached hydrogens (tertiary/aromatic N) is 5. The van der Waals surface area contributed by atoms with Gasteiger partial charge in [0.2, 0.25) is 0 Å². The highest BCUT2D eigenvalue weighted by Crippen LogP contribution is 2.60. The van der Waals surface area contributed by atoms with Crippen LogP contribution >= 0.6 is 0 Å². The van der Waals surface area contributed by atoms with Crippen LogP contribution in [0.5, 0.6) is 0 Å². The second-order valence-electron chi connectivity index (χ2n) is 15.7. The lowest BCUT2D eigenvalue weighted by molar-refractivity contribution is -0.0466. The fourth-order valence-corrected chi connectivity index (χ4v) is 9.98. The SMILES string of the molecule is CC(C)[C@@H]1CN=C(N)N1C[C@@H]1CCCN1C[C@@H](Cc1ccccc1)N(CC[C@H](C)O)C(N)=NCC12CC3CC(CC(C3)C1)C2. The summed E-state index contributed by atoms with van der Waals surface area (Å²) in [6, 6.07) is 11.8. The van der Waals surface area contributed by atoms with Crippen molar-refractivity contribution in [3.05, 3.63) is 35.9 Å². The average Bonchev–Trinajstić information content (AvgIpc) is 3.57. The van der Waals surface area contributed by atoms with Gasteiger partial charge in [-0.15, -0.1) is 0 Å². The highest BCUT2D eigenvalue weighted by Gasteiger charge is 2.50. The molecule has 4 atom stereocenters. The first-order chi connectivity index (χ1) is 21.2. The summed E-state index contributed by atoms with van der Waals surface area (Å²) < 4.78 is 0. The number of likely N-dealkylation sites (tertiary alicyclic amines) is 1. The van der Waals surface area contributed by atoms with Crippen LogP contribution < -0.4 is 11.5 Å². The monoisotopic (exact) mass is 605 g/mol. The van der Waals surface area contributed by atoms with E-state index in [2.05, 4.69) is 63.9 Å². The Bertz CT molecular complexity index is 1120. The highest BCUT2D eigenvalue weighted by molar-refractivity contribution is 5.80. The molecule has 0 radical (unpaired) electrons. The van der Waals surface area contributed by atoms with Gasteiger partial charge in [0.1, 0.15) is 0 Å². The Morgan fingerprint density at radius 1 is 1.09 bits per heavy atom. The van der Waals surface area contributed by atoms with E-state index in [-0.39, 0.29) is 12.1 Å². The van der Waals surface area contributed by atoms with Gasteiger partial charge in [0.15, 0.2) is 11.9 Å². The van der Waals surface area contributed by atoms with E-state index in [1.807, 2.05) is 6.92 Å². The summed E-state index contributed by atoms with van der Waals surface area (Å²) in [5.74, 6) is 4.62. The van der Waals surface area contributed by atoms with E-state index >= 15 is 0 Å². The van der Waals surface area contributed by atoms with Crippen LogP contribution in [0.3, 0.4) is 0 Å². The number of hydrogen-bond acceptors (Lipinski definition) is 6. The van der Waals surface area contributed by atoms with Gasteiger partial charge >= 0.3 is 0 Å². The van der Waals surface area contributed by atoms with Crippen molar-refractivity contribution in [3.8, 4) is 0 Å². The van der Waals surface area contributed by atoms with E-state index in [9.17, 15) is 5.11 Å². The minimum absolute atomic E-state index is 0.169. The van der Waals surface area contributed by atoms with E-state index < -0.39 is 0 Å². The average molecular weight is 606 g/mol. The van der Waals surface area contributed by atoms with Gasteiger partial charge in [0, 0.05) is 38.3 Å². The summed E-state index contributed by atoms with van der Waals surface area (Å²) in [4.78, 5) is 17.3. The van der Waals surface area contributed by atoms with Gasteiger partial charge in [-0.1, -0.05) is 44.2 Å². The van der Waals surface area contributed by atoms with Gasteiger partial charge in [0.25, 0.3) is 0 Å². The first kappa shape index (κ1) is 31.7. The molecule has 4 saturated carbocycles. The third-order valence-corrected chi connectivity index (χ3v) is 11.8. The van der Waals surface area contributed by atoms with Crippen LogP contribution in [0.25, 0.3) is 0 Å². The molecule has 5 N–H and O–H groups in total. The molecule has 4 aliphatic carbocycles. The zero-order chi connectivity index (χ0) is 30.8. The first-order valence-corrected chi connectivity index (χ1v) is 17.8. The van der Waals surface area contributed by atoms with E-state index in [1.165, 1.54) is 56.9 Å². The predicted octanol–water partition coefficient (Wildman–Crippen LogP) is 4.32. The zero-order valence-electron chi connectivity index (χ0n) is 27.7. The molecule has 44 heavy (non-hydrogen) atoms. The summed E-state index contributed by atoms with van der Waals surface area (Å²) in [5, 5.41) is 10.4. The molecule has 0 amide bonds. The Balaban J connectivity index is 1.22. The van der Waals surface area contributed by atoms with Gasteiger partial charge < -0.3 is 26.4 Å². The van der Waals surface area contributed by atoms with E-state index in [0.29, 0.717) is 48.3 Å². The molecule has 0 unspecified atom stereocenters. The van der Waals surface area contributed by atoms with Crippen molar-refractivity contribution in [3.63, 3.8) is 0 Å². The number of hydrogen-bond donors (Lipinski definition) is 3. The molecule has 5 fully saturated rings.